The lowest BCUT2D eigenvalue weighted by Crippen LogP contribution is -2.05. The van der Waals surface area contributed by atoms with E-state index in [1.54, 1.807) is 0 Å². The van der Waals surface area contributed by atoms with E-state index in [0.29, 0.717) is 0 Å². The fourth-order valence-corrected chi connectivity index (χ4v) is 2.28. The van der Waals surface area contributed by atoms with Crippen molar-refractivity contribution in [3.8, 4) is 11.4 Å². The fourth-order valence-electron chi connectivity index (χ4n) is 1.88. The number of hydrogen-bond donors (Lipinski definition) is 1. The highest BCUT2D eigenvalue weighted by Gasteiger charge is 2.14. The van der Waals surface area contributed by atoms with Crippen LogP contribution < -0.4 is 5.32 Å². The summed E-state index contributed by atoms with van der Waals surface area (Å²) in [5.74, 6) is 1.00. The Morgan fingerprint density at radius 3 is 2.71 bits per heavy atom. The van der Waals surface area contributed by atoms with Gasteiger partial charge in [0.2, 0.25) is 0 Å². The number of hydrogen-bond acceptors (Lipinski definition) is 2. The molecule has 0 aliphatic heterocycles. The van der Waals surface area contributed by atoms with E-state index in [-0.39, 0.29) is 0 Å². The first-order valence-electron chi connectivity index (χ1n) is 5.57. The van der Waals surface area contributed by atoms with Gasteiger partial charge in [-0.2, -0.15) is 0 Å². The summed E-state index contributed by atoms with van der Waals surface area (Å²) in [4.78, 5) is 4.68. The standard InChI is InChI=1S/C13H16BrN3/c1-9-6-4-5-7-10(9)13-16-11(8-15-2)12(14)17(13)3/h4-7,15H,8H2,1-3H3. The lowest BCUT2D eigenvalue weighted by atomic mass is 10.1. The average molecular weight is 294 g/mol. The van der Waals surface area contributed by atoms with Gasteiger partial charge in [-0.3, -0.25) is 0 Å². The van der Waals surface area contributed by atoms with Crippen LogP contribution in [0.15, 0.2) is 28.9 Å². The molecule has 0 fully saturated rings. The second-order valence-electron chi connectivity index (χ2n) is 4.08. The Bertz CT molecular complexity index is 531. The van der Waals surface area contributed by atoms with Gasteiger partial charge in [0.1, 0.15) is 10.4 Å². The number of benzene rings is 1. The molecule has 0 saturated carbocycles. The molecule has 1 aromatic carbocycles. The second-order valence-corrected chi connectivity index (χ2v) is 4.83. The third kappa shape index (κ3) is 2.28. The maximum Gasteiger partial charge on any atom is 0.141 e. The van der Waals surface area contributed by atoms with E-state index in [1.807, 2.05) is 26.2 Å². The van der Waals surface area contributed by atoms with Gasteiger partial charge in [0.25, 0.3) is 0 Å². The Kier molecular flexibility index (Phi) is 3.64. The minimum Gasteiger partial charge on any atom is -0.322 e. The van der Waals surface area contributed by atoms with E-state index < -0.39 is 0 Å². The van der Waals surface area contributed by atoms with Crippen molar-refractivity contribution in [2.24, 2.45) is 7.05 Å². The summed E-state index contributed by atoms with van der Waals surface area (Å²) in [5, 5.41) is 3.13. The maximum atomic E-state index is 4.68. The fraction of sp³-hybridized carbons (Fsp3) is 0.308. The van der Waals surface area contributed by atoms with Crippen LogP contribution in [0.2, 0.25) is 0 Å². The molecule has 2 rings (SSSR count). The zero-order valence-corrected chi connectivity index (χ0v) is 11.9. The van der Waals surface area contributed by atoms with Crippen LogP contribution in [0.25, 0.3) is 11.4 Å². The Labute approximate surface area is 110 Å². The molecule has 0 saturated heterocycles. The molecule has 0 amide bonds. The summed E-state index contributed by atoms with van der Waals surface area (Å²) >= 11 is 3.58. The first kappa shape index (κ1) is 12.3. The average Bonchev–Trinajstić information content (AvgIpc) is 2.59. The highest BCUT2D eigenvalue weighted by Crippen LogP contribution is 2.27. The molecule has 17 heavy (non-hydrogen) atoms. The van der Waals surface area contributed by atoms with E-state index in [1.165, 1.54) is 11.1 Å². The second kappa shape index (κ2) is 5.02. The highest BCUT2D eigenvalue weighted by atomic mass is 79.9. The monoisotopic (exact) mass is 293 g/mol. The Morgan fingerprint density at radius 1 is 1.35 bits per heavy atom. The maximum absolute atomic E-state index is 4.68. The summed E-state index contributed by atoms with van der Waals surface area (Å²) in [6.45, 7) is 2.87. The molecule has 4 heteroatoms. The van der Waals surface area contributed by atoms with Crippen LogP contribution in [0.1, 0.15) is 11.3 Å². The molecule has 2 aromatic rings. The normalized spacial score (nSPS) is 10.8. The molecule has 3 nitrogen and oxygen atoms in total. The third-order valence-corrected chi connectivity index (χ3v) is 3.81. The summed E-state index contributed by atoms with van der Waals surface area (Å²) in [6.07, 6.45) is 0. The molecule has 0 aliphatic carbocycles. The molecule has 1 heterocycles. The summed E-state index contributed by atoms with van der Waals surface area (Å²) in [7, 11) is 3.95. The van der Waals surface area contributed by atoms with Crippen LogP contribution in [0.5, 0.6) is 0 Å². The minimum absolute atomic E-state index is 0.764. The van der Waals surface area contributed by atoms with E-state index in [2.05, 4.69) is 49.9 Å². The van der Waals surface area contributed by atoms with Gasteiger partial charge in [0.05, 0.1) is 5.69 Å². The molecule has 0 atom stereocenters. The first-order chi connectivity index (χ1) is 8.15. The number of imidazole rings is 1. The van der Waals surface area contributed by atoms with Crippen molar-refractivity contribution in [3.05, 3.63) is 40.1 Å². The van der Waals surface area contributed by atoms with Crippen molar-refractivity contribution in [2.75, 3.05) is 7.05 Å². The molecule has 1 aromatic heterocycles. The Morgan fingerprint density at radius 2 is 2.06 bits per heavy atom. The SMILES string of the molecule is CNCc1nc(-c2ccccc2C)n(C)c1Br. The van der Waals surface area contributed by atoms with E-state index >= 15 is 0 Å². The molecular weight excluding hydrogens is 278 g/mol. The summed E-state index contributed by atoms with van der Waals surface area (Å²) in [5.41, 5.74) is 3.45. The van der Waals surface area contributed by atoms with Gasteiger partial charge >= 0.3 is 0 Å². The van der Waals surface area contributed by atoms with Crippen LogP contribution in [0.3, 0.4) is 0 Å². The lowest BCUT2D eigenvalue weighted by molar-refractivity contribution is 0.788. The van der Waals surface area contributed by atoms with Crippen LogP contribution in [-0.4, -0.2) is 16.6 Å². The molecule has 90 valence electrons. The van der Waals surface area contributed by atoms with E-state index in [4.69, 9.17) is 0 Å². The van der Waals surface area contributed by atoms with Crippen molar-refractivity contribution in [2.45, 2.75) is 13.5 Å². The van der Waals surface area contributed by atoms with Crippen molar-refractivity contribution in [1.82, 2.24) is 14.9 Å². The highest BCUT2D eigenvalue weighted by molar-refractivity contribution is 9.10. The minimum atomic E-state index is 0.764. The van der Waals surface area contributed by atoms with Gasteiger partial charge in [0, 0.05) is 19.2 Å². The molecule has 0 bridgehead atoms. The lowest BCUT2D eigenvalue weighted by Gasteiger charge is -2.05. The van der Waals surface area contributed by atoms with Gasteiger partial charge in [-0.05, 0) is 35.5 Å². The zero-order chi connectivity index (χ0) is 12.4. The molecular formula is C13H16BrN3. The number of rotatable bonds is 3. The zero-order valence-electron chi connectivity index (χ0n) is 10.3. The first-order valence-corrected chi connectivity index (χ1v) is 6.36. The van der Waals surface area contributed by atoms with Gasteiger partial charge < -0.3 is 9.88 Å². The van der Waals surface area contributed by atoms with Gasteiger partial charge in [-0.25, -0.2) is 4.98 Å². The van der Waals surface area contributed by atoms with E-state index in [9.17, 15) is 0 Å². The predicted molar refractivity (Wildman–Crippen MR) is 73.8 cm³/mol. The van der Waals surface area contributed by atoms with Crippen molar-refractivity contribution >= 4 is 15.9 Å². The largest absolute Gasteiger partial charge is 0.322 e. The van der Waals surface area contributed by atoms with E-state index in [0.717, 1.165) is 22.7 Å². The number of nitrogens with one attached hydrogen (secondary N) is 1. The van der Waals surface area contributed by atoms with Crippen LogP contribution in [0.4, 0.5) is 0 Å². The van der Waals surface area contributed by atoms with Crippen LogP contribution >= 0.6 is 15.9 Å². The Hall–Kier alpha value is -1.13. The van der Waals surface area contributed by atoms with Crippen LogP contribution in [0, 0.1) is 6.92 Å². The molecule has 0 radical (unpaired) electrons. The van der Waals surface area contributed by atoms with Crippen molar-refractivity contribution < 1.29 is 0 Å². The number of halogens is 1. The number of nitrogens with zero attached hydrogens (tertiary/aromatic N) is 2. The molecule has 0 spiro atoms. The topological polar surface area (TPSA) is 29.9 Å². The van der Waals surface area contributed by atoms with Gasteiger partial charge in [0.15, 0.2) is 0 Å². The summed E-state index contributed by atoms with van der Waals surface area (Å²) in [6, 6.07) is 8.30. The number of aromatic nitrogens is 2. The van der Waals surface area contributed by atoms with Gasteiger partial charge in [-0.1, -0.05) is 24.3 Å². The quantitative estimate of drug-likeness (QED) is 0.943. The molecule has 0 unspecified atom stereocenters. The number of aryl methyl sites for hydroxylation is 1. The smallest absolute Gasteiger partial charge is 0.141 e. The van der Waals surface area contributed by atoms with Gasteiger partial charge in [-0.15, -0.1) is 0 Å². The predicted octanol–water partition coefficient (Wildman–Crippen LogP) is 2.88. The van der Waals surface area contributed by atoms with Crippen molar-refractivity contribution in [1.29, 1.82) is 0 Å². The van der Waals surface area contributed by atoms with Crippen LogP contribution in [-0.2, 0) is 13.6 Å². The van der Waals surface area contributed by atoms with Crippen molar-refractivity contribution in [3.63, 3.8) is 0 Å². The summed E-state index contributed by atoms with van der Waals surface area (Å²) < 4.78 is 3.11. The Balaban J connectivity index is 2.53. The molecule has 1 N–H and O–H groups in total. The third-order valence-electron chi connectivity index (χ3n) is 2.82. The molecule has 0 aliphatic rings.